The molecule has 1 rings (SSSR count). The van der Waals surface area contributed by atoms with Crippen LogP contribution >= 0.6 is 0 Å². The first-order valence-corrected chi connectivity index (χ1v) is 7.62. The van der Waals surface area contributed by atoms with E-state index in [0.717, 1.165) is 24.0 Å². The fourth-order valence-corrected chi connectivity index (χ4v) is 3.49. The van der Waals surface area contributed by atoms with Gasteiger partial charge in [0, 0.05) is 0 Å². The van der Waals surface area contributed by atoms with E-state index in [9.17, 15) is 8.42 Å². The van der Waals surface area contributed by atoms with Crippen molar-refractivity contribution >= 4 is 9.84 Å². The lowest BCUT2D eigenvalue weighted by Gasteiger charge is -2.08. The van der Waals surface area contributed by atoms with Crippen LogP contribution in [-0.2, 0) is 9.84 Å². The Bertz CT molecular complexity index is 466. The molecule has 2 N–H and O–H groups in total. The first kappa shape index (κ1) is 14.2. The third kappa shape index (κ3) is 4.13. The van der Waals surface area contributed by atoms with E-state index < -0.39 is 9.84 Å². The molecule has 3 nitrogen and oxygen atoms in total. The zero-order valence-electron chi connectivity index (χ0n) is 10.6. The predicted octanol–water partition coefficient (Wildman–Crippen LogP) is 2.21. The number of hydrogen-bond donors (Lipinski definition) is 1. The highest BCUT2D eigenvalue weighted by Gasteiger charge is 2.16. The molecule has 0 fully saturated rings. The zero-order chi connectivity index (χ0) is 12.9. The monoisotopic (exact) mass is 255 g/mol. The number of benzene rings is 1. The minimum atomic E-state index is -3.13. The molecule has 0 radical (unpaired) electrons. The molecule has 1 aromatic rings. The number of hydrogen-bond acceptors (Lipinski definition) is 3. The van der Waals surface area contributed by atoms with E-state index >= 15 is 0 Å². The van der Waals surface area contributed by atoms with Gasteiger partial charge in [0.2, 0.25) is 0 Å². The van der Waals surface area contributed by atoms with Crippen LogP contribution in [0.25, 0.3) is 0 Å². The van der Waals surface area contributed by atoms with Crippen molar-refractivity contribution in [3.8, 4) is 0 Å². The number of unbranched alkanes of at least 4 members (excludes halogenated alkanes) is 2. The van der Waals surface area contributed by atoms with E-state index in [4.69, 9.17) is 5.73 Å². The summed E-state index contributed by atoms with van der Waals surface area (Å²) in [7, 11) is -3.13. The average Bonchev–Trinajstić information content (AvgIpc) is 2.28. The fraction of sp³-hybridized carbons (Fsp3) is 0.538. The van der Waals surface area contributed by atoms with E-state index in [2.05, 4.69) is 0 Å². The number of rotatable bonds is 6. The van der Waals surface area contributed by atoms with Gasteiger partial charge in [-0.25, -0.2) is 8.42 Å². The molecule has 17 heavy (non-hydrogen) atoms. The van der Waals surface area contributed by atoms with Crippen LogP contribution in [0.2, 0.25) is 0 Å². The van der Waals surface area contributed by atoms with E-state index in [-0.39, 0.29) is 5.75 Å². The minimum absolute atomic E-state index is 0.220. The van der Waals surface area contributed by atoms with Gasteiger partial charge < -0.3 is 5.73 Å². The van der Waals surface area contributed by atoms with Crippen LogP contribution in [0.15, 0.2) is 23.1 Å². The SMILES string of the molecule is Cc1ccc(C)c(S(=O)(=O)CCCCCN)c1. The van der Waals surface area contributed by atoms with Gasteiger partial charge in [-0.05, 0) is 50.4 Å². The average molecular weight is 255 g/mol. The fourth-order valence-electron chi connectivity index (χ4n) is 1.77. The van der Waals surface area contributed by atoms with Gasteiger partial charge in [0.1, 0.15) is 0 Å². The Morgan fingerprint density at radius 1 is 1.12 bits per heavy atom. The van der Waals surface area contributed by atoms with Gasteiger partial charge in [0.25, 0.3) is 0 Å². The highest BCUT2D eigenvalue weighted by Crippen LogP contribution is 2.19. The van der Waals surface area contributed by atoms with Crippen molar-refractivity contribution in [2.45, 2.75) is 38.0 Å². The van der Waals surface area contributed by atoms with Gasteiger partial charge in [0.15, 0.2) is 9.84 Å². The molecule has 0 unspecified atom stereocenters. The summed E-state index contributed by atoms with van der Waals surface area (Å²) in [5, 5.41) is 0. The van der Waals surface area contributed by atoms with E-state index in [1.807, 2.05) is 26.0 Å². The number of sulfone groups is 1. The molecular weight excluding hydrogens is 234 g/mol. The molecule has 0 aliphatic carbocycles. The Morgan fingerprint density at radius 2 is 1.82 bits per heavy atom. The molecule has 0 saturated carbocycles. The third-order valence-electron chi connectivity index (χ3n) is 2.80. The van der Waals surface area contributed by atoms with Crippen molar-refractivity contribution in [2.24, 2.45) is 5.73 Å². The zero-order valence-corrected chi connectivity index (χ0v) is 11.4. The first-order valence-electron chi connectivity index (χ1n) is 5.97. The maximum Gasteiger partial charge on any atom is 0.178 e. The van der Waals surface area contributed by atoms with E-state index in [0.29, 0.717) is 17.9 Å². The predicted molar refractivity (Wildman–Crippen MR) is 70.9 cm³/mol. The van der Waals surface area contributed by atoms with Crippen molar-refractivity contribution in [2.75, 3.05) is 12.3 Å². The second kappa shape index (κ2) is 6.17. The normalized spacial score (nSPS) is 11.7. The smallest absolute Gasteiger partial charge is 0.178 e. The Hall–Kier alpha value is -0.870. The van der Waals surface area contributed by atoms with Crippen LogP contribution in [0.1, 0.15) is 30.4 Å². The summed E-state index contributed by atoms with van der Waals surface area (Å²) in [5.41, 5.74) is 7.19. The van der Waals surface area contributed by atoms with Crippen LogP contribution in [0.3, 0.4) is 0 Å². The van der Waals surface area contributed by atoms with Gasteiger partial charge in [-0.2, -0.15) is 0 Å². The number of aryl methyl sites for hydroxylation is 2. The minimum Gasteiger partial charge on any atom is -0.330 e. The number of nitrogens with two attached hydrogens (primary N) is 1. The standard InChI is InChI=1S/C13H21NO2S/c1-11-6-7-12(2)13(10-11)17(15,16)9-5-3-4-8-14/h6-7,10H,3-5,8-9,14H2,1-2H3. The lowest BCUT2D eigenvalue weighted by molar-refractivity contribution is 0.589. The highest BCUT2D eigenvalue weighted by molar-refractivity contribution is 7.91. The van der Waals surface area contributed by atoms with Crippen molar-refractivity contribution in [1.29, 1.82) is 0 Å². The Morgan fingerprint density at radius 3 is 2.47 bits per heavy atom. The second-order valence-corrected chi connectivity index (χ2v) is 6.51. The van der Waals surface area contributed by atoms with Crippen LogP contribution in [0.4, 0.5) is 0 Å². The molecule has 96 valence electrons. The highest BCUT2D eigenvalue weighted by atomic mass is 32.2. The van der Waals surface area contributed by atoms with E-state index in [1.54, 1.807) is 6.07 Å². The van der Waals surface area contributed by atoms with Gasteiger partial charge in [-0.1, -0.05) is 18.6 Å². The summed E-state index contributed by atoms with van der Waals surface area (Å²) >= 11 is 0. The maximum atomic E-state index is 12.1. The molecule has 4 heteroatoms. The molecule has 0 saturated heterocycles. The third-order valence-corrected chi connectivity index (χ3v) is 4.73. The van der Waals surface area contributed by atoms with Gasteiger partial charge in [0.05, 0.1) is 10.6 Å². The molecular formula is C13H21NO2S. The summed E-state index contributed by atoms with van der Waals surface area (Å²) in [6.07, 6.45) is 2.45. The molecule has 0 aliphatic rings. The Kier molecular flexibility index (Phi) is 5.15. The Labute approximate surface area is 104 Å². The molecule has 0 heterocycles. The molecule has 0 bridgehead atoms. The molecule has 0 spiro atoms. The van der Waals surface area contributed by atoms with Crippen LogP contribution in [-0.4, -0.2) is 20.7 Å². The second-order valence-electron chi connectivity index (χ2n) is 4.44. The summed E-state index contributed by atoms with van der Waals surface area (Å²) in [6.45, 7) is 4.38. The Balaban J connectivity index is 2.79. The topological polar surface area (TPSA) is 60.2 Å². The van der Waals surface area contributed by atoms with Crippen LogP contribution in [0.5, 0.6) is 0 Å². The van der Waals surface area contributed by atoms with Crippen LogP contribution < -0.4 is 5.73 Å². The van der Waals surface area contributed by atoms with Gasteiger partial charge in [-0.3, -0.25) is 0 Å². The molecule has 0 aliphatic heterocycles. The van der Waals surface area contributed by atoms with E-state index in [1.165, 1.54) is 0 Å². The van der Waals surface area contributed by atoms with Crippen molar-refractivity contribution < 1.29 is 8.42 Å². The summed E-state index contributed by atoms with van der Waals surface area (Å²) in [6, 6.07) is 5.55. The maximum absolute atomic E-state index is 12.1. The lowest BCUT2D eigenvalue weighted by atomic mass is 10.2. The largest absolute Gasteiger partial charge is 0.330 e. The van der Waals surface area contributed by atoms with Crippen LogP contribution in [0, 0.1) is 13.8 Å². The summed E-state index contributed by atoms with van der Waals surface area (Å²) in [4.78, 5) is 0.477. The molecule has 0 amide bonds. The molecule has 1 aromatic carbocycles. The van der Waals surface area contributed by atoms with Crippen molar-refractivity contribution in [1.82, 2.24) is 0 Å². The first-order chi connectivity index (χ1) is 7.97. The lowest BCUT2D eigenvalue weighted by Crippen LogP contribution is -2.09. The molecule has 0 aromatic heterocycles. The molecule has 0 atom stereocenters. The summed E-state index contributed by atoms with van der Waals surface area (Å²) < 4.78 is 24.3. The van der Waals surface area contributed by atoms with Crippen molar-refractivity contribution in [3.63, 3.8) is 0 Å². The quantitative estimate of drug-likeness (QED) is 0.793. The summed E-state index contributed by atoms with van der Waals surface area (Å²) in [5.74, 6) is 0.220. The van der Waals surface area contributed by atoms with Gasteiger partial charge in [-0.15, -0.1) is 0 Å². The van der Waals surface area contributed by atoms with Crippen molar-refractivity contribution in [3.05, 3.63) is 29.3 Å². The van der Waals surface area contributed by atoms with Gasteiger partial charge >= 0.3 is 0 Å².